The predicted molar refractivity (Wildman–Crippen MR) is 99.7 cm³/mol. The van der Waals surface area contributed by atoms with Gasteiger partial charge in [0, 0.05) is 23.5 Å². The van der Waals surface area contributed by atoms with Crippen LogP contribution in [0, 0.1) is 6.92 Å². The summed E-state index contributed by atoms with van der Waals surface area (Å²) in [6.45, 7) is 1.80. The van der Waals surface area contributed by atoms with Crippen LogP contribution in [0.25, 0.3) is 0 Å². The maximum atomic E-state index is 10.9. The van der Waals surface area contributed by atoms with Gasteiger partial charge in [-0.1, -0.05) is 6.07 Å². The van der Waals surface area contributed by atoms with Gasteiger partial charge >= 0.3 is 5.97 Å². The standard InChI is InChI=1S/C19H18N4O3/c1-12-20-17(22-14-8-6-13(7-9-14)19(24)25)11-18(21-12)23-15-4-3-5-16(10-15)26-2/h3-11H,1-2H3,(H,24,25)(H2,20,21,22,23). The first-order valence-electron chi connectivity index (χ1n) is 7.90. The summed E-state index contributed by atoms with van der Waals surface area (Å²) < 4.78 is 5.22. The zero-order valence-electron chi connectivity index (χ0n) is 14.4. The second kappa shape index (κ2) is 7.52. The SMILES string of the molecule is COc1cccc(Nc2cc(Nc3ccc(C(=O)O)cc3)nc(C)n2)c1. The van der Waals surface area contributed by atoms with Crippen LogP contribution >= 0.6 is 0 Å². The monoisotopic (exact) mass is 350 g/mol. The second-order valence-corrected chi connectivity index (χ2v) is 5.55. The molecule has 7 heteroatoms. The van der Waals surface area contributed by atoms with Gasteiger partial charge in [0.05, 0.1) is 12.7 Å². The van der Waals surface area contributed by atoms with Crippen molar-refractivity contribution in [3.05, 3.63) is 66.0 Å². The molecule has 0 aliphatic carbocycles. The first kappa shape index (κ1) is 17.2. The Bertz CT molecular complexity index is 926. The quantitative estimate of drug-likeness (QED) is 0.619. The number of carbonyl (C=O) groups is 1. The van der Waals surface area contributed by atoms with Gasteiger partial charge in [-0.25, -0.2) is 14.8 Å². The Hall–Kier alpha value is -3.61. The molecule has 0 saturated heterocycles. The van der Waals surface area contributed by atoms with Gasteiger partial charge in [0.1, 0.15) is 23.2 Å². The minimum Gasteiger partial charge on any atom is -0.497 e. The summed E-state index contributed by atoms with van der Waals surface area (Å²) in [5.41, 5.74) is 1.81. The Labute approximate surface area is 150 Å². The number of hydrogen-bond acceptors (Lipinski definition) is 6. The minimum atomic E-state index is -0.959. The van der Waals surface area contributed by atoms with Crippen molar-refractivity contribution in [1.29, 1.82) is 0 Å². The summed E-state index contributed by atoms with van der Waals surface area (Å²) in [7, 11) is 1.62. The van der Waals surface area contributed by atoms with E-state index in [0.717, 1.165) is 17.1 Å². The molecule has 3 N–H and O–H groups in total. The third kappa shape index (κ3) is 4.27. The van der Waals surface area contributed by atoms with Gasteiger partial charge in [0.25, 0.3) is 0 Å². The average molecular weight is 350 g/mol. The fourth-order valence-electron chi connectivity index (χ4n) is 2.39. The molecule has 0 atom stereocenters. The Morgan fingerprint density at radius 3 is 2.23 bits per heavy atom. The first-order valence-corrected chi connectivity index (χ1v) is 7.90. The van der Waals surface area contributed by atoms with E-state index in [0.29, 0.717) is 17.5 Å². The number of carboxylic acids is 1. The number of methoxy groups -OCH3 is 1. The molecule has 0 aliphatic heterocycles. The van der Waals surface area contributed by atoms with Crippen LogP contribution in [0.5, 0.6) is 5.75 Å². The molecule has 0 aliphatic rings. The summed E-state index contributed by atoms with van der Waals surface area (Å²) >= 11 is 0. The number of carboxylic acid groups (broad SMARTS) is 1. The number of ether oxygens (including phenoxy) is 1. The van der Waals surface area contributed by atoms with Crippen LogP contribution in [-0.2, 0) is 0 Å². The molecule has 0 unspecified atom stereocenters. The summed E-state index contributed by atoms with van der Waals surface area (Å²) in [4.78, 5) is 19.7. The smallest absolute Gasteiger partial charge is 0.335 e. The molecule has 7 nitrogen and oxygen atoms in total. The molecular formula is C19H18N4O3. The molecule has 0 radical (unpaired) electrons. The van der Waals surface area contributed by atoms with E-state index in [-0.39, 0.29) is 5.56 Å². The molecule has 0 fully saturated rings. The number of nitrogens with zero attached hydrogens (tertiary/aromatic N) is 2. The molecule has 1 heterocycles. The molecule has 0 spiro atoms. The molecule has 1 aromatic heterocycles. The summed E-state index contributed by atoms with van der Waals surface area (Å²) in [5.74, 6) is 1.63. The van der Waals surface area contributed by atoms with Crippen LogP contribution in [0.1, 0.15) is 16.2 Å². The lowest BCUT2D eigenvalue weighted by Crippen LogP contribution is -2.02. The van der Waals surface area contributed by atoms with E-state index in [9.17, 15) is 4.79 Å². The third-order valence-electron chi connectivity index (χ3n) is 3.58. The van der Waals surface area contributed by atoms with E-state index in [4.69, 9.17) is 9.84 Å². The van der Waals surface area contributed by atoms with Crippen LogP contribution in [0.2, 0.25) is 0 Å². The zero-order valence-corrected chi connectivity index (χ0v) is 14.4. The van der Waals surface area contributed by atoms with Crippen LogP contribution < -0.4 is 15.4 Å². The molecule has 0 amide bonds. The van der Waals surface area contributed by atoms with Crippen LogP contribution in [0.4, 0.5) is 23.0 Å². The van der Waals surface area contributed by atoms with Gasteiger partial charge in [-0.2, -0.15) is 0 Å². The number of nitrogens with one attached hydrogen (secondary N) is 2. The number of rotatable bonds is 6. The largest absolute Gasteiger partial charge is 0.497 e. The lowest BCUT2D eigenvalue weighted by Gasteiger charge is -2.11. The highest BCUT2D eigenvalue weighted by Crippen LogP contribution is 2.23. The lowest BCUT2D eigenvalue weighted by atomic mass is 10.2. The van der Waals surface area contributed by atoms with Gasteiger partial charge < -0.3 is 20.5 Å². The van der Waals surface area contributed by atoms with Crippen molar-refractivity contribution in [2.45, 2.75) is 6.92 Å². The van der Waals surface area contributed by atoms with Crippen LogP contribution in [0.15, 0.2) is 54.6 Å². The summed E-state index contributed by atoms with van der Waals surface area (Å²) in [5, 5.41) is 15.3. The fraction of sp³-hybridized carbons (Fsp3) is 0.105. The third-order valence-corrected chi connectivity index (χ3v) is 3.58. The number of aromatic carboxylic acids is 1. The van der Waals surface area contributed by atoms with E-state index in [1.807, 2.05) is 24.3 Å². The fourth-order valence-corrected chi connectivity index (χ4v) is 2.39. The molecule has 3 rings (SSSR count). The molecule has 0 saturated carbocycles. The summed E-state index contributed by atoms with van der Waals surface area (Å²) in [6.07, 6.45) is 0. The maximum Gasteiger partial charge on any atom is 0.335 e. The van der Waals surface area contributed by atoms with Crippen molar-refractivity contribution in [2.75, 3.05) is 17.7 Å². The number of hydrogen-bond donors (Lipinski definition) is 3. The van der Waals surface area contributed by atoms with Gasteiger partial charge in [0.15, 0.2) is 0 Å². The Morgan fingerprint density at radius 1 is 0.962 bits per heavy atom. The average Bonchev–Trinajstić information content (AvgIpc) is 2.62. The van der Waals surface area contributed by atoms with Crippen molar-refractivity contribution < 1.29 is 14.6 Å². The van der Waals surface area contributed by atoms with E-state index in [1.54, 1.807) is 32.2 Å². The highest BCUT2D eigenvalue weighted by atomic mass is 16.5. The van der Waals surface area contributed by atoms with Crippen molar-refractivity contribution >= 4 is 29.0 Å². The molecule has 3 aromatic rings. The topological polar surface area (TPSA) is 96.4 Å². The Kier molecular flexibility index (Phi) is 4.98. The van der Waals surface area contributed by atoms with E-state index >= 15 is 0 Å². The van der Waals surface area contributed by atoms with E-state index < -0.39 is 5.97 Å². The van der Waals surface area contributed by atoms with Crippen LogP contribution in [0.3, 0.4) is 0 Å². The zero-order chi connectivity index (χ0) is 18.5. The first-order chi connectivity index (χ1) is 12.5. The highest BCUT2D eigenvalue weighted by Gasteiger charge is 2.06. The van der Waals surface area contributed by atoms with Gasteiger partial charge in [-0.3, -0.25) is 0 Å². The summed E-state index contributed by atoms with van der Waals surface area (Å²) in [6, 6.07) is 15.8. The van der Waals surface area contributed by atoms with E-state index in [2.05, 4.69) is 20.6 Å². The molecule has 26 heavy (non-hydrogen) atoms. The minimum absolute atomic E-state index is 0.231. The van der Waals surface area contributed by atoms with E-state index in [1.165, 1.54) is 12.1 Å². The highest BCUT2D eigenvalue weighted by molar-refractivity contribution is 5.88. The van der Waals surface area contributed by atoms with Crippen molar-refractivity contribution in [3.8, 4) is 5.75 Å². The van der Waals surface area contributed by atoms with Gasteiger partial charge in [-0.05, 0) is 43.3 Å². The Balaban J connectivity index is 1.79. The van der Waals surface area contributed by atoms with Crippen LogP contribution in [-0.4, -0.2) is 28.2 Å². The Morgan fingerprint density at radius 2 is 1.62 bits per heavy atom. The molecule has 132 valence electrons. The number of aryl methyl sites for hydroxylation is 1. The van der Waals surface area contributed by atoms with Crippen molar-refractivity contribution in [3.63, 3.8) is 0 Å². The molecule has 2 aromatic carbocycles. The second-order valence-electron chi connectivity index (χ2n) is 5.55. The van der Waals surface area contributed by atoms with Gasteiger partial charge in [-0.15, -0.1) is 0 Å². The molecule has 0 bridgehead atoms. The number of anilines is 4. The van der Waals surface area contributed by atoms with Crippen molar-refractivity contribution in [1.82, 2.24) is 9.97 Å². The predicted octanol–water partition coefficient (Wildman–Crippen LogP) is 3.98. The maximum absolute atomic E-state index is 10.9. The van der Waals surface area contributed by atoms with Crippen molar-refractivity contribution in [2.24, 2.45) is 0 Å². The lowest BCUT2D eigenvalue weighted by molar-refractivity contribution is 0.0697. The van der Waals surface area contributed by atoms with Gasteiger partial charge in [0.2, 0.25) is 0 Å². The normalized spacial score (nSPS) is 10.2. The molecular weight excluding hydrogens is 332 g/mol. The number of aromatic nitrogens is 2. The number of benzene rings is 2.